The molecule has 0 saturated heterocycles. The van der Waals surface area contributed by atoms with E-state index in [1.54, 1.807) is 29.2 Å². The van der Waals surface area contributed by atoms with Crippen LogP contribution in [0.25, 0.3) is 6.08 Å². The molecule has 8 heteroatoms. The first-order valence-electron chi connectivity index (χ1n) is 8.86. The highest BCUT2D eigenvalue weighted by Crippen LogP contribution is 2.36. The van der Waals surface area contributed by atoms with Crippen LogP contribution in [0.2, 0.25) is 5.02 Å². The summed E-state index contributed by atoms with van der Waals surface area (Å²) < 4.78 is 12.2. The zero-order chi connectivity index (χ0) is 20.6. The van der Waals surface area contributed by atoms with Gasteiger partial charge in [-0.05, 0) is 34.9 Å². The van der Waals surface area contributed by atoms with Crippen molar-refractivity contribution in [3.8, 4) is 11.5 Å². The summed E-state index contributed by atoms with van der Waals surface area (Å²) in [5, 5.41) is 7.36. The van der Waals surface area contributed by atoms with Gasteiger partial charge in [0.25, 0.3) is 0 Å². The van der Waals surface area contributed by atoms with Gasteiger partial charge in [-0.3, -0.25) is 4.79 Å². The SMILES string of the molecule is COc1cc(/C=C/C(=O)NCc2ccc(Cn3cncn3)cc2)cc(Cl)c1OC. The first-order valence-corrected chi connectivity index (χ1v) is 9.24. The van der Waals surface area contributed by atoms with Crippen molar-refractivity contribution in [3.63, 3.8) is 0 Å². The first-order chi connectivity index (χ1) is 14.1. The quantitative estimate of drug-likeness (QED) is 0.574. The summed E-state index contributed by atoms with van der Waals surface area (Å²) in [5.41, 5.74) is 2.85. The molecule has 0 radical (unpaired) electrons. The van der Waals surface area contributed by atoms with Crippen LogP contribution in [-0.4, -0.2) is 34.9 Å². The van der Waals surface area contributed by atoms with E-state index >= 15 is 0 Å². The molecular weight excluding hydrogens is 392 g/mol. The number of amides is 1. The second kappa shape index (κ2) is 9.75. The van der Waals surface area contributed by atoms with Gasteiger partial charge in [0.2, 0.25) is 5.91 Å². The molecule has 1 amide bonds. The number of halogens is 1. The highest BCUT2D eigenvalue weighted by molar-refractivity contribution is 6.32. The molecule has 3 rings (SSSR count). The van der Waals surface area contributed by atoms with Crippen LogP contribution in [0.4, 0.5) is 0 Å². The molecule has 0 bridgehead atoms. The van der Waals surface area contributed by atoms with Gasteiger partial charge < -0.3 is 14.8 Å². The maximum absolute atomic E-state index is 12.1. The topological polar surface area (TPSA) is 78.3 Å². The average Bonchev–Trinajstić information content (AvgIpc) is 3.24. The zero-order valence-corrected chi connectivity index (χ0v) is 16.9. The van der Waals surface area contributed by atoms with Crippen LogP contribution in [-0.2, 0) is 17.9 Å². The number of carbonyl (C=O) groups excluding carboxylic acids is 1. The number of aromatic nitrogens is 3. The third-order valence-electron chi connectivity index (χ3n) is 4.18. The van der Waals surface area contributed by atoms with Gasteiger partial charge in [-0.2, -0.15) is 5.10 Å². The smallest absolute Gasteiger partial charge is 0.244 e. The minimum absolute atomic E-state index is 0.206. The normalized spacial score (nSPS) is 10.9. The minimum atomic E-state index is -0.206. The number of hydrogen-bond donors (Lipinski definition) is 1. The summed E-state index contributed by atoms with van der Waals surface area (Å²) in [7, 11) is 3.05. The Morgan fingerprint density at radius 3 is 2.59 bits per heavy atom. The number of benzene rings is 2. The Morgan fingerprint density at radius 2 is 1.93 bits per heavy atom. The largest absolute Gasteiger partial charge is 0.493 e. The third-order valence-corrected chi connectivity index (χ3v) is 4.46. The minimum Gasteiger partial charge on any atom is -0.493 e. The molecule has 0 fully saturated rings. The number of nitrogens with one attached hydrogen (secondary N) is 1. The molecule has 1 N–H and O–H groups in total. The maximum atomic E-state index is 12.1. The van der Waals surface area contributed by atoms with E-state index in [0.717, 1.165) is 16.7 Å². The number of methoxy groups -OCH3 is 2. The molecule has 150 valence electrons. The van der Waals surface area contributed by atoms with Crippen LogP contribution in [0, 0.1) is 0 Å². The van der Waals surface area contributed by atoms with Gasteiger partial charge in [0.05, 0.1) is 25.8 Å². The molecule has 0 atom stereocenters. The lowest BCUT2D eigenvalue weighted by Gasteiger charge is -2.10. The van der Waals surface area contributed by atoms with Gasteiger partial charge >= 0.3 is 0 Å². The van der Waals surface area contributed by atoms with E-state index in [1.165, 1.54) is 26.6 Å². The van der Waals surface area contributed by atoms with Crippen molar-refractivity contribution in [2.24, 2.45) is 0 Å². The summed E-state index contributed by atoms with van der Waals surface area (Å²) in [6, 6.07) is 11.4. The highest BCUT2D eigenvalue weighted by atomic mass is 35.5. The summed E-state index contributed by atoms with van der Waals surface area (Å²) in [6.07, 6.45) is 6.31. The molecule has 0 aliphatic rings. The van der Waals surface area contributed by atoms with E-state index in [2.05, 4.69) is 15.4 Å². The molecule has 0 spiro atoms. The second-order valence-corrected chi connectivity index (χ2v) is 6.61. The summed E-state index contributed by atoms with van der Waals surface area (Å²) in [6.45, 7) is 1.09. The molecule has 29 heavy (non-hydrogen) atoms. The molecule has 0 saturated carbocycles. The van der Waals surface area contributed by atoms with Crippen molar-refractivity contribution in [2.45, 2.75) is 13.1 Å². The van der Waals surface area contributed by atoms with Crippen molar-refractivity contribution < 1.29 is 14.3 Å². The van der Waals surface area contributed by atoms with E-state index in [4.69, 9.17) is 21.1 Å². The molecular formula is C21H21ClN4O3. The molecule has 1 aromatic heterocycles. The average molecular weight is 413 g/mol. The van der Waals surface area contributed by atoms with Crippen molar-refractivity contribution >= 4 is 23.6 Å². The van der Waals surface area contributed by atoms with Gasteiger partial charge in [0, 0.05) is 12.6 Å². The molecule has 2 aromatic carbocycles. The lowest BCUT2D eigenvalue weighted by molar-refractivity contribution is -0.116. The third kappa shape index (κ3) is 5.58. The molecule has 7 nitrogen and oxygen atoms in total. The zero-order valence-electron chi connectivity index (χ0n) is 16.1. The number of carbonyl (C=O) groups is 1. The number of ether oxygens (including phenoxy) is 2. The Kier molecular flexibility index (Phi) is 6.86. The van der Waals surface area contributed by atoms with E-state index in [9.17, 15) is 4.79 Å². The molecule has 0 aliphatic heterocycles. The Morgan fingerprint density at radius 1 is 1.17 bits per heavy atom. The van der Waals surface area contributed by atoms with Crippen LogP contribution in [0.1, 0.15) is 16.7 Å². The van der Waals surface area contributed by atoms with E-state index in [1.807, 2.05) is 24.3 Å². The van der Waals surface area contributed by atoms with Crippen LogP contribution in [0.3, 0.4) is 0 Å². The van der Waals surface area contributed by atoms with Crippen LogP contribution < -0.4 is 14.8 Å². The Balaban J connectivity index is 1.55. The number of hydrogen-bond acceptors (Lipinski definition) is 5. The van der Waals surface area contributed by atoms with Gasteiger partial charge in [-0.15, -0.1) is 0 Å². The Labute approximate surface area is 173 Å². The van der Waals surface area contributed by atoms with Crippen LogP contribution >= 0.6 is 11.6 Å². The van der Waals surface area contributed by atoms with E-state index < -0.39 is 0 Å². The number of nitrogens with zero attached hydrogens (tertiary/aromatic N) is 3. The van der Waals surface area contributed by atoms with Gasteiger partial charge in [0.15, 0.2) is 11.5 Å². The Bertz CT molecular complexity index is 986. The molecule has 0 unspecified atom stereocenters. The van der Waals surface area contributed by atoms with Gasteiger partial charge in [-0.25, -0.2) is 9.67 Å². The fourth-order valence-electron chi connectivity index (χ4n) is 2.72. The fraction of sp³-hybridized carbons (Fsp3) is 0.190. The van der Waals surface area contributed by atoms with E-state index in [0.29, 0.717) is 29.6 Å². The van der Waals surface area contributed by atoms with Crippen molar-refractivity contribution in [1.82, 2.24) is 20.1 Å². The van der Waals surface area contributed by atoms with Crippen molar-refractivity contribution in [1.29, 1.82) is 0 Å². The monoisotopic (exact) mass is 412 g/mol. The Hall–Kier alpha value is -3.32. The first kappa shape index (κ1) is 20.4. The van der Waals surface area contributed by atoms with Gasteiger partial charge in [-0.1, -0.05) is 35.9 Å². The van der Waals surface area contributed by atoms with Crippen molar-refractivity contribution in [3.05, 3.63) is 76.8 Å². The highest BCUT2D eigenvalue weighted by Gasteiger charge is 2.09. The van der Waals surface area contributed by atoms with Crippen LogP contribution in [0.15, 0.2) is 55.1 Å². The van der Waals surface area contributed by atoms with Crippen molar-refractivity contribution in [2.75, 3.05) is 14.2 Å². The standard InChI is InChI=1S/C21H21ClN4O3/c1-28-19-10-17(9-18(22)21(19)29-2)7-8-20(27)24-11-15-3-5-16(6-4-15)12-26-14-23-13-25-26/h3-10,13-14H,11-12H2,1-2H3,(H,24,27)/b8-7+. The molecule has 0 aliphatic carbocycles. The van der Waals surface area contributed by atoms with E-state index in [-0.39, 0.29) is 5.91 Å². The summed E-state index contributed by atoms with van der Waals surface area (Å²) in [4.78, 5) is 16.0. The second-order valence-electron chi connectivity index (χ2n) is 6.20. The van der Waals surface area contributed by atoms with Crippen LogP contribution in [0.5, 0.6) is 11.5 Å². The lowest BCUT2D eigenvalue weighted by Crippen LogP contribution is -2.20. The summed E-state index contributed by atoms with van der Waals surface area (Å²) in [5.74, 6) is 0.761. The predicted molar refractivity (Wildman–Crippen MR) is 111 cm³/mol. The maximum Gasteiger partial charge on any atom is 0.244 e. The number of rotatable bonds is 8. The lowest BCUT2D eigenvalue weighted by atomic mass is 10.1. The molecule has 3 aromatic rings. The van der Waals surface area contributed by atoms with Gasteiger partial charge in [0.1, 0.15) is 12.7 Å². The molecule has 1 heterocycles. The summed E-state index contributed by atoms with van der Waals surface area (Å²) >= 11 is 6.18. The predicted octanol–water partition coefficient (Wildman–Crippen LogP) is 3.33. The fourth-order valence-corrected chi connectivity index (χ4v) is 3.01.